The molecule has 4 rings (SSSR count). The van der Waals surface area contributed by atoms with Crippen LogP contribution in [0.3, 0.4) is 0 Å². The number of phenolic OH excluding ortho intramolecular Hbond substituents is 1. The Hall–Kier alpha value is -3.64. The van der Waals surface area contributed by atoms with Gasteiger partial charge in [0.25, 0.3) is 0 Å². The summed E-state index contributed by atoms with van der Waals surface area (Å²) in [6.07, 6.45) is 1.18. The highest BCUT2D eigenvalue weighted by atomic mass is 32.1. The number of benzene rings is 2. The maximum Gasteiger partial charge on any atom is 0.221 e. The minimum Gasteiger partial charge on any atom is -0.508 e. The average molecular weight is 458 g/mol. The monoisotopic (exact) mass is 457 g/mol. The molecule has 0 bridgehead atoms. The number of anilines is 1. The van der Waals surface area contributed by atoms with Gasteiger partial charge in [-0.25, -0.2) is 4.98 Å². The summed E-state index contributed by atoms with van der Waals surface area (Å²) in [7, 11) is 0. The van der Waals surface area contributed by atoms with Crippen molar-refractivity contribution in [2.45, 2.75) is 19.8 Å². The van der Waals surface area contributed by atoms with Crippen LogP contribution < -0.4 is 10.6 Å². The van der Waals surface area contributed by atoms with E-state index in [9.17, 15) is 9.90 Å². The molecule has 1 amide bonds. The Morgan fingerprint density at radius 2 is 1.82 bits per heavy atom. The number of aromatic nitrogens is 1. The van der Waals surface area contributed by atoms with Crippen LogP contribution in [0.4, 0.5) is 5.82 Å². The summed E-state index contributed by atoms with van der Waals surface area (Å²) >= 11 is 1.64. The first kappa shape index (κ1) is 22.6. The largest absolute Gasteiger partial charge is 0.508 e. The van der Waals surface area contributed by atoms with Gasteiger partial charge in [-0.15, -0.1) is 0 Å². The Morgan fingerprint density at radius 1 is 0.970 bits per heavy atom. The number of thiophene rings is 1. The van der Waals surface area contributed by atoms with Crippen molar-refractivity contribution in [3.05, 3.63) is 88.6 Å². The summed E-state index contributed by atoms with van der Waals surface area (Å²) in [5, 5.41) is 20.3. The van der Waals surface area contributed by atoms with Gasteiger partial charge in [-0.3, -0.25) is 4.79 Å². The number of carbonyl (C=O) groups is 1. The lowest BCUT2D eigenvalue weighted by Crippen LogP contribution is -2.27. The third-order valence-corrected chi connectivity index (χ3v) is 6.02. The minimum absolute atomic E-state index is 0.0109. The number of amides is 1. The van der Waals surface area contributed by atoms with E-state index < -0.39 is 0 Å². The summed E-state index contributed by atoms with van der Waals surface area (Å²) in [6.45, 7) is 3.17. The first-order valence-electron chi connectivity index (χ1n) is 11.0. The molecule has 0 aliphatic rings. The van der Waals surface area contributed by atoms with Crippen molar-refractivity contribution in [3.63, 3.8) is 0 Å². The van der Waals surface area contributed by atoms with E-state index >= 15 is 0 Å². The van der Waals surface area contributed by atoms with E-state index in [1.165, 1.54) is 11.1 Å². The zero-order valence-electron chi connectivity index (χ0n) is 18.5. The third-order valence-electron chi connectivity index (χ3n) is 5.34. The van der Waals surface area contributed by atoms with E-state index in [1.807, 2.05) is 23.6 Å². The Balaban J connectivity index is 1.36. The predicted octanol–water partition coefficient (Wildman–Crippen LogP) is 5.65. The number of carbonyl (C=O) groups excluding carboxylic acids is 1. The first-order chi connectivity index (χ1) is 16.1. The number of hydrogen-bond donors (Lipinski definition) is 3. The zero-order chi connectivity index (χ0) is 23.0. The van der Waals surface area contributed by atoms with Gasteiger partial charge in [-0.1, -0.05) is 42.0 Å². The topological polar surface area (TPSA) is 74.2 Å². The van der Waals surface area contributed by atoms with Crippen molar-refractivity contribution >= 4 is 23.1 Å². The molecule has 5 nitrogen and oxygen atoms in total. The van der Waals surface area contributed by atoms with E-state index in [0.717, 1.165) is 28.8 Å². The zero-order valence-corrected chi connectivity index (χ0v) is 19.4. The second kappa shape index (κ2) is 10.8. The Kier molecular flexibility index (Phi) is 7.37. The van der Waals surface area contributed by atoms with E-state index in [4.69, 9.17) is 4.98 Å². The number of aromatic hydroxyl groups is 1. The number of aryl methyl sites for hydroxylation is 1. The number of nitrogens with one attached hydrogen (secondary N) is 2. The van der Waals surface area contributed by atoms with Crippen LogP contribution in [0.15, 0.2) is 77.5 Å². The fourth-order valence-corrected chi connectivity index (χ4v) is 4.19. The second-order valence-corrected chi connectivity index (χ2v) is 8.73. The standard InChI is InChI=1S/C27H27N3O2S/c1-19-5-7-20(8-6-19)9-12-29-27(32)10-13-28-26-17-23(22-11-14-33-18-22)16-25(30-26)21-3-2-4-24(31)15-21/h2-8,11,14-18,31H,9-10,12-13H2,1H3,(H,28,30)(H,29,32). The van der Waals surface area contributed by atoms with Crippen molar-refractivity contribution in [2.24, 2.45) is 0 Å². The van der Waals surface area contributed by atoms with E-state index in [0.29, 0.717) is 25.3 Å². The minimum atomic E-state index is 0.0109. The van der Waals surface area contributed by atoms with Crippen molar-refractivity contribution in [1.82, 2.24) is 10.3 Å². The molecule has 2 aromatic carbocycles. The maximum absolute atomic E-state index is 12.3. The third kappa shape index (κ3) is 6.43. The van der Waals surface area contributed by atoms with Gasteiger partial charge in [-0.05, 0) is 71.1 Å². The molecular formula is C27H27N3O2S. The molecule has 3 N–H and O–H groups in total. The lowest BCUT2D eigenvalue weighted by Gasteiger charge is -2.11. The van der Waals surface area contributed by atoms with Crippen molar-refractivity contribution < 1.29 is 9.90 Å². The molecule has 0 saturated carbocycles. The number of hydrogen-bond acceptors (Lipinski definition) is 5. The van der Waals surface area contributed by atoms with Gasteiger partial charge in [-0.2, -0.15) is 11.3 Å². The molecule has 2 heterocycles. The molecule has 33 heavy (non-hydrogen) atoms. The first-order valence-corrected chi connectivity index (χ1v) is 11.9. The van der Waals surface area contributed by atoms with E-state index in [-0.39, 0.29) is 11.7 Å². The molecule has 0 radical (unpaired) electrons. The highest BCUT2D eigenvalue weighted by molar-refractivity contribution is 7.08. The summed E-state index contributed by atoms with van der Waals surface area (Å²) in [4.78, 5) is 17.0. The van der Waals surface area contributed by atoms with Crippen LogP contribution in [0.1, 0.15) is 17.5 Å². The molecule has 4 aromatic rings. The lowest BCUT2D eigenvalue weighted by molar-refractivity contribution is -0.120. The van der Waals surface area contributed by atoms with Crippen molar-refractivity contribution in [2.75, 3.05) is 18.4 Å². The summed E-state index contributed by atoms with van der Waals surface area (Å²) in [5.74, 6) is 0.911. The van der Waals surface area contributed by atoms with Crippen LogP contribution in [0, 0.1) is 6.92 Å². The average Bonchev–Trinajstić information content (AvgIpc) is 3.35. The molecule has 168 valence electrons. The van der Waals surface area contributed by atoms with Gasteiger partial charge in [0.1, 0.15) is 11.6 Å². The molecule has 6 heteroatoms. The Morgan fingerprint density at radius 3 is 2.58 bits per heavy atom. The highest BCUT2D eigenvalue weighted by Gasteiger charge is 2.09. The van der Waals surface area contributed by atoms with Crippen LogP contribution >= 0.6 is 11.3 Å². The van der Waals surface area contributed by atoms with Crippen LogP contribution in [0.2, 0.25) is 0 Å². The van der Waals surface area contributed by atoms with Gasteiger partial charge >= 0.3 is 0 Å². The van der Waals surface area contributed by atoms with Crippen molar-refractivity contribution in [3.8, 4) is 28.1 Å². The molecule has 0 aliphatic carbocycles. The molecule has 2 aromatic heterocycles. The fourth-order valence-electron chi connectivity index (χ4n) is 3.52. The van der Waals surface area contributed by atoms with Gasteiger partial charge in [0.15, 0.2) is 0 Å². The van der Waals surface area contributed by atoms with Crippen molar-refractivity contribution in [1.29, 1.82) is 0 Å². The predicted molar refractivity (Wildman–Crippen MR) is 136 cm³/mol. The second-order valence-electron chi connectivity index (χ2n) is 7.95. The number of pyridine rings is 1. The van der Waals surface area contributed by atoms with E-state index in [1.54, 1.807) is 29.5 Å². The van der Waals surface area contributed by atoms with Gasteiger partial charge in [0.2, 0.25) is 5.91 Å². The van der Waals surface area contributed by atoms with Gasteiger partial charge in [0.05, 0.1) is 5.69 Å². The number of phenols is 1. The molecule has 0 atom stereocenters. The fraction of sp³-hybridized carbons (Fsp3) is 0.185. The normalized spacial score (nSPS) is 10.7. The summed E-state index contributed by atoms with van der Waals surface area (Å²) in [6, 6.07) is 21.5. The van der Waals surface area contributed by atoms with Gasteiger partial charge < -0.3 is 15.7 Å². The SMILES string of the molecule is Cc1ccc(CCNC(=O)CCNc2cc(-c3ccsc3)cc(-c3cccc(O)c3)n2)cc1. The highest BCUT2D eigenvalue weighted by Crippen LogP contribution is 2.30. The number of nitrogens with zero attached hydrogens (tertiary/aromatic N) is 1. The molecule has 0 spiro atoms. The van der Waals surface area contributed by atoms with Gasteiger partial charge in [0, 0.05) is 25.1 Å². The molecule has 0 fully saturated rings. The van der Waals surface area contributed by atoms with E-state index in [2.05, 4.69) is 53.3 Å². The number of rotatable bonds is 9. The molecule has 0 unspecified atom stereocenters. The maximum atomic E-state index is 12.3. The molecule has 0 saturated heterocycles. The Bertz CT molecular complexity index is 1200. The summed E-state index contributed by atoms with van der Waals surface area (Å²) < 4.78 is 0. The summed E-state index contributed by atoms with van der Waals surface area (Å²) in [5.41, 5.74) is 6.20. The smallest absolute Gasteiger partial charge is 0.221 e. The molecular weight excluding hydrogens is 430 g/mol. The molecule has 0 aliphatic heterocycles. The van der Waals surface area contributed by atoms with Crippen LogP contribution in [-0.2, 0) is 11.2 Å². The quantitative estimate of drug-likeness (QED) is 0.304. The lowest BCUT2D eigenvalue weighted by atomic mass is 10.1. The Labute approximate surface area is 198 Å². The van der Waals surface area contributed by atoms with Crippen LogP contribution in [0.5, 0.6) is 5.75 Å². The van der Waals surface area contributed by atoms with Crippen LogP contribution in [0.25, 0.3) is 22.4 Å². The van der Waals surface area contributed by atoms with Crippen LogP contribution in [-0.4, -0.2) is 29.1 Å².